The minimum Gasteiger partial charge on any atom is -0.369 e. The van der Waals surface area contributed by atoms with E-state index in [0.717, 1.165) is 0 Å². The van der Waals surface area contributed by atoms with Gasteiger partial charge >= 0.3 is 0 Å². The Morgan fingerprint density at radius 2 is 2.10 bits per heavy atom. The van der Waals surface area contributed by atoms with Crippen LogP contribution in [0.1, 0.15) is 5.56 Å². The van der Waals surface area contributed by atoms with Crippen molar-refractivity contribution in [1.29, 1.82) is 5.26 Å². The van der Waals surface area contributed by atoms with Gasteiger partial charge in [-0.1, -0.05) is 11.6 Å². The van der Waals surface area contributed by atoms with E-state index in [9.17, 15) is 9.65 Å². The zero-order valence-electron chi connectivity index (χ0n) is 10.4. The number of aromatic nitrogens is 2. The smallest absolute Gasteiger partial charge is 0.205 e. The van der Waals surface area contributed by atoms with Crippen LogP contribution < -0.4 is 5.73 Å². The number of fused-ring (bicyclic) bond motifs is 1. The molecule has 0 radical (unpaired) electrons. The molecule has 0 aliphatic heterocycles. The minimum absolute atomic E-state index is 0.171. The fourth-order valence-corrected chi connectivity index (χ4v) is 2.75. The van der Waals surface area contributed by atoms with E-state index in [1.807, 2.05) is 22.6 Å². The van der Waals surface area contributed by atoms with Gasteiger partial charge < -0.3 is 5.73 Å². The first kappa shape index (κ1) is 14.1. The number of nitrogens with two attached hydrogens (primary N) is 1. The highest BCUT2D eigenvalue weighted by atomic mass is 127. The molecular formula is C14H7ClFIN4. The molecule has 0 saturated heterocycles. The van der Waals surface area contributed by atoms with Crippen LogP contribution in [0, 0.1) is 20.7 Å². The number of imidazole rings is 1. The topological polar surface area (TPSA) is 67.6 Å². The molecule has 104 valence electrons. The monoisotopic (exact) mass is 412 g/mol. The Kier molecular flexibility index (Phi) is 3.47. The predicted molar refractivity (Wildman–Crippen MR) is 87.9 cm³/mol. The molecule has 0 fully saturated rings. The highest BCUT2D eigenvalue weighted by Crippen LogP contribution is 2.29. The van der Waals surface area contributed by atoms with E-state index >= 15 is 0 Å². The van der Waals surface area contributed by atoms with Gasteiger partial charge in [0.15, 0.2) is 0 Å². The van der Waals surface area contributed by atoms with Gasteiger partial charge in [0, 0.05) is 11.1 Å². The Morgan fingerprint density at radius 1 is 1.33 bits per heavy atom. The second kappa shape index (κ2) is 5.16. The highest BCUT2D eigenvalue weighted by molar-refractivity contribution is 14.1. The van der Waals surface area contributed by atoms with Crippen LogP contribution >= 0.6 is 34.2 Å². The molecule has 0 unspecified atom stereocenters. The molecule has 0 atom stereocenters. The van der Waals surface area contributed by atoms with E-state index in [1.54, 1.807) is 24.3 Å². The normalized spacial score (nSPS) is 10.8. The molecular weight excluding hydrogens is 406 g/mol. The summed E-state index contributed by atoms with van der Waals surface area (Å²) in [7, 11) is 0. The zero-order valence-corrected chi connectivity index (χ0v) is 13.4. The Morgan fingerprint density at radius 3 is 2.81 bits per heavy atom. The molecule has 3 aromatic rings. The van der Waals surface area contributed by atoms with Crippen molar-refractivity contribution in [2.24, 2.45) is 0 Å². The van der Waals surface area contributed by atoms with Gasteiger partial charge in [0.2, 0.25) is 5.95 Å². The molecule has 3 rings (SSSR count). The summed E-state index contributed by atoms with van der Waals surface area (Å²) in [5, 5.41) is 9.68. The molecule has 7 heteroatoms. The van der Waals surface area contributed by atoms with Crippen molar-refractivity contribution < 1.29 is 4.39 Å². The molecule has 0 aliphatic rings. The quantitative estimate of drug-likeness (QED) is 0.617. The zero-order chi connectivity index (χ0) is 15.1. The van der Waals surface area contributed by atoms with Crippen LogP contribution in [0.25, 0.3) is 16.7 Å². The summed E-state index contributed by atoms with van der Waals surface area (Å²) in [6.45, 7) is 0. The summed E-state index contributed by atoms with van der Waals surface area (Å²) in [6.07, 6.45) is 0. The summed E-state index contributed by atoms with van der Waals surface area (Å²) >= 11 is 7.88. The second-order valence-corrected chi connectivity index (χ2v) is 5.93. The Balaban J connectivity index is 2.41. The number of rotatable bonds is 1. The van der Waals surface area contributed by atoms with Crippen molar-refractivity contribution in [1.82, 2.24) is 9.55 Å². The molecule has 0 spiro atoms. The van der Waals surface area contributed by atoms with Crippen molar-refractivity contribution in [2.45, 2.75) is 0 Å². The molecule has 0 saturated carbocycles. The van der Waals surface area contributed by atoms with Gasteiger partial charge in [-0.15, -0.1) is 0 Å². The third-order valence-electron chi connectivity index (χ3n) is 3.04. The maximum absolute atomic E-state index is 13.8. The van der Waals surface area contributed by atoms with Crippen LogP contribution in [0.2, 0.25) is 5.02 Å². The first-order valence-corrected chi connectivity index (χ1v) is 7.30. The molecule has 0 amide bonds. The molecule has 0 bridgehead atoms. The van der Waals surface area contributed by atoms with Gasteiger partial charge in [-0.2, -0.15) is 5.26 Å². The number of benzene rings is 2. The number of nitriles is 1. The summed E-state index contributed by atoms with van der Waals surface area (Å²) < 4.78 is 15.8. The number of nitrogens with zero attached hydrogens (tertiary/aromatic N) is 3. The van der Waals surface area contributed by atoms with E-state index in [4.69, 9.17) is 17.3 Å². The van der Waals surface area contributed by atoms with E-state index in [2.05, 4.69) is 11.1 Å². The Hall–Kier alpha value is -1.85. The Bertz CT molecular complexity index is 913. The van der Waals surface area contributed by atoms with Gasteiger partial charge in [-0.3, -0.25) is 4.57 Å². The van der Waals surface area contributed by atoms with Crippen molar-refractivity contribution in [3.05, 3.63) is 50.3 Å². The lowest BCUT2D eigenvalue weighted by Crippen LogP contribution is -2.03. The minimum atomic E-state index is -0.371. The van der Waals surface area contributed by atoms with Crippen LogP contribution in [-0.2, 0) is 0 Å². The third kappa shape index (κ3) is 2.32. The van der Waals surface area contributed by atoms with Crippen molar-refractivity contribution in [3.8, 4) is 11.8 Å². The van der Waals surface area contributed by atoms with E-state index in [-0.39, 0.29) is 11.8 Å². The Labute approximate surface area is 138 Å². The fourth-order valence-electron chi connectivity index (χ4n) is 2.13. The van der Waals surface area contributed by atoms with Crippen molar-refractivity contribution in [3.63, 3.8) is 0 Å². The maximum Gasteiger partial charge on any atom is 0.205 e. The molecule has 21 heavy (non-hydrogen) atoms. The van der Waals surface area contributed by atoms with Gasteiger partial charge in [-0.05, 0) is 46.9 Å². The van der Waals surface area contributed by atoms with Gasteiger partial charge in [-0.25, -0.2) is 9.37 Å². The lowest BCUT2D eigenvalue weighted by Gasteiger charge is -2.09. The number of hydrogen-bond donors (Lipinski definition) is 1. The molecule has 1 heterocycles. The number of anilines is 1. The van der Waals surface area contributed by atoms with Gasteiger partial charge in [0.1, 0.15) is 11.9 Å². The van der Waals surface area contributed by atoms with Crippen molar-refractivity contribution >= 4 is 51.2 Å². The summed E-state index contributed by atoms with van der Waals surface area (Å²) in [6, 6.07) is 9.83. The predicted octanol–water partition coefficient (Wildman–Crippen LogP) is 3.88. The lowest BCUT2D eigenvalue weighted by molar-refractivity contribution is 0.622. The van der Waals surface area contributed by atoms with Crippen LogP contribution in [0.15, 0.2) is 30.3 Å². The van der Waals surface area contributed by atoms with Crippen LogP contribution in [-0.4, -0.2) is 9.55 Å². The third-order valence-corrected chi connectivity index (χ3v) is 4.11. The first-order valence-electron chi connectivity index (χ1n) is 5.84. The van der Waals surface area contributed by atoms with E-state index < -0.39 is 0 Å². The average molecular weight is 413 g/mol. The van der Waals surface area contributed by atoms with Gasteiger partial charge in [0.05, 0.1) is 25.9 Å². The lowest BCUT2D eigenvalue weighted by atomic mass is 10.2. The first-order chi connectivity index (χ1) is 10.0. The van der Waals surface area contributed by atoms with Crippen LogP contribution in [0.4, 0.5) is 10.3 Å². The number of hydrogen-bond acceptors (Lipinski definition) is 3. The standard InChI is InChI=1S/C14H7ClFIN4/c15-8-2-1-7(6-18)12(3-8)21-13-4-9(16)10(17)5-11(13)20-14(21)19/h1-5H,(H2,19,20). The summed E-state index contributed by atoms with van der Waals surface area (Å²) in [5.74, 6) is -0.199. The van der Waals surface area contributed by atoms with Crippen LogP contribution in [0.5, 0.6) is 0 Å². The maximum atomic E-state index is 13.8. The fraction of sp³-hybridized carbons (Fsp3) is 0. The molecule has 1 aromatic heterocycles. The van der Waals surface area contributed by atoms with E-state index in [0.29, 0.717) is 30.9 Å². The largest absolute Gasteiger partial charge is 0.369 e. The van der Waals surface area contributed by atoms with Gasteiger partial charge in [0.25, 0.3) is 0 Å². The van der Waals surface area contributed by atoms with E-state index in [1.165, 1.54) is 10.6 Å². The summed E-state index contributed by atoms with van der Waals surface area (Å²) in [5.41, 5.74) is 7.84. The van der Waals surface area contributed by atoms with Crippen LogP contribution in [0.3, 0.4) is 0 Å². The average Bonchev–Trinajstić information content (AvgIpc) is 2.74. The summed E-state index contributed by atoms with van der Waals surface area (Å²) in [4.78, 5) is 4.21. The molecule has 2 aromatic carbocycles. The SMILES string of the molecule is N#Cc1ccc(Cl)cc1-n1c(N)nc2cc(I)c(F)cc21. The number of nitrogen functional groups attached to an aromatic ring is 1. The second-order valence-electron chi connectivity index (χ2n) is 4.33. The van der Waals surface area contributed by atoms with Crippen molar-refractivity contribution in [2.75, 3.05) is 5.73 Å². The molecule has 0 aliphatic carbocycles. The highest BCUT2D eigenvalue weighted by Gasteiger charge is 2.16. The molecule has 4 nitrogen and oxygen atoms in total. The molecule has 2 N–H and O–H groups in total. The number of halogens is 3.